The van der Waals surface area contributed by atoms with Crippen molar-refractivity contribution in [1.29, 1.82) is 5.26 Å². The lowest BCUT2D eigenvalue weighted by molar-refractivity contribution is -0.144. The second-order valence-electron chi connectivity index (χ2n) is 7.30. The molecule has 0 aliphatic heterocycles. The highest BCUT2D eigenvalue weighted by Crippen LogP contribution is 2.15. The van der Waals surface area contributed by atoms with Gasteiger partial charge in [0.25, 0.3) is 5.91 Å². The van der Waals surface area contributed by atoms with Gasteiger partial charge in [-0.1, -0.05) is 50.2 Å². The summed E-state index contributed by atoms with van der Waals surface area (Å²) < 4.78 is 4.98. The van der Waals surface area contributed by atoms with Gasteiger partial charge in [0.1, 0.15) is 0 Å². The molecule has 1 amide bonds. The molecule has 29 heavy (non-hydrogen) atoms. The summed E-state index contributed by atoms with van der Waals surface area (Å²) in [6, 6.07) is 16.8. The van der Waals surface area contributed by atoms with Crippen molar-refractivity contribution < 1.29 is 14.3 Å². The molecule has 2 aromatic rings. The minimum Gasteiger partial charge on any atom is -0.452 e. The predicted octanol–water partition coefficient (Wildman–Crippen LogP) is 4.19. The first kappa shape index (κ1) is 21.9. The van der Waals surface area contributed by atoms with Crippen molar-refractivity contribution in [2.75, 3.05) is 6.61 Å². The third-order valence-electron chi connectivity index (χ3n) is 4.30. The molecule has 150 valence electrons. The number of carbonyl (C=O) groups is 2. The van der Waals surface area contributed by atoms with Crippen LogP contribution in [0.5, 0.6) is 0 Å². The minimum absolute atomic E-state index is 0.177. The van der Waals surface area contributed by atoms with Crippen molar-refractivity contribution in [3.05, 3.63) is 76.9 Å². The molecule has 1 atom stereocenters. The lowest BCUT2D eigenvalue weighted by Crippen LogP contribution is -2.30. The molecule has 1 N–H and O–H groups in total. The molecule has 0 unspecified atom stereocenters. The Morgan fingerprint density at radius 1 is 1.07 bits per heavy atom. The average molecular weight is 390 g/mol. The second-order valence-corrected chi connectivity index (χ2v) is 7.30. The van der Waals surface area contributed by atoms with Gasteiger partial charge in [-0.3, -0.25) is 4.79 Å². The first-order valence-corrected chi connectivity index (χ1v) is 9.60. The largest absolute Gasteiger partial charge is 0.452 e. The molecule has 0 bridgehead atoms. The number of rotatable bonds is 8. The molecule has 2 aromatic carbocycles. The zero-order chi connectivity index (χ0) is 21.2. The van der Waals surface area contributed by atoms with Crippen LogP contribution in [-0.4, -0.2) is 18.5 Å². The molecule has 5 nitrogen and oxygen atoms in total. The molecule has 0 spiro atoms. The normalized spacial score (nSPS) is 11.8. The number of benzene rings is 2. The minimum atomic E-state index is -0.602. The Hall–Kier alpha value is -3.39. The van der Waals surface area contributed by atoms with Gasteiger partial charge >= 0.3 is 5.97 Å². The summed E-state index contributed by atoms with van der Waals surface area (Å²) in [5, 5.41) is 11.6. The van der Waals surface area contributed by atoms with E-state index in [9.17, 15) is 9.59 Å². The molecular weight excluding hydrogens is 364 g/mol. The Balaban J connectivity index is 1.78. The van der Waals surface area contributed by atoms with Crippen LogP contribution in [0.15, 0.2) is 54.6 Å². The van der Waals surface area contributed by atoms with E-state index in [1.165, 1.54) is 11.6 Å². The summed E-state index contributed by atoms with van der Waals surface area (Å²) in [6.07, 6.45) is 3.85. The van der Waals surface area contributed by atoms with Gasteiger partial charge in [-0.2, -0.15) is 5.26 Å². The summed E-state index contributed by atoms with van der Waals surface area (Å²) >= 11 is 0. The van der Waals surface area contributed by atoms with Crippen LogP contribution < -0.4 is 5.32 Å². The molecule has 0 heterocycles. The summed E-state index contributed by atoms with van der Waals surface area (Å²) in [5.41, 5.74) is 3.58. The fraction of sp³-hybridized carbons (Fsp3) is 0.292. The molecule has 5 heteroatoms. The Kier molecular flexibility index (Phi) is 8.17. The van der Waals surface area contributed by atoms with Gasteiger partial charge in [-0.25, -0.2) is 4.79 Å². The maximum Gasteiger partial charge on any atom is 0.331 e. The molecule has 0 saturated heterocycles. The zero-order valence-electron chi connectivity index (χ0n) is 17.0. The van der Waals surface area contributed by atoms with E-state index >= 15 is 0 Å². The summed E-state index contributed by atoms with van der Waals surface area (Å²) in [7, 11) is 0. The molecule has 0 aliphatic carbocycles. The van der Waals surface area contributed by atoms with E-state index in [0.29, 0.717) is 11.5 Å². The molecule has 0 saturated carbocycles. The third-order valence-corrected chi connectivity index (χ3v) is 4.30. The van der Waals surface area contributed by atoms with Crippen molar-refractivity contribution in [1.82, 2.24) is 5.32 Å². The van der Waals surface area contributed by atoms with Crippen LogP contribution in [0, 0.1) is 17.2 Å². The second kappa shape index (κ2) is 10.8. The highest BCUT2D eigenvalue weighted by molar-refractivity contribution is 5.89. The van der Waals surface area contributed by atoms with Gasteiger partial charge in [-0.15, -0.1) is 0 Å². The monoisotopic (exact) mass is 390 g/mol. The van der Waals surface area contributed by atoms with E-state index in [1.54, 1.807) is 30.3 Å². The van der Waals surface area contributed by atoms with Gasteiger partial charge in [0, 0.05) is 6.08 Å². The first-order valence-electron chi connectivity index (χ1n) is 9.60. The predicted molar refractivity (Wildman–Crippen MR) is 113 cm³/mol. The Morgan fingerprint density at radius 2 is 1.72 bits per heavy atom. The molecule has 0 aliphatic rings. The van der Waals surface area contributed by atoms with E-state index in [4.69, 9.17) is 10.00 Å². The van der Waals surface area contributed by atoms with Crippen LogP contribution in [-0.2, 0) is 20.7 Å². The topological polar surface area (TPSA) is 79.2 Å². The Morgan fingerprint density at radius 3 is 2.31 bits per heavy atom. The van der Waals surface area contributed by atoms with E-state index in [2.05, 4.69) is 31.3 Å². The third kappa shape index (κ3) is 7.63. The maximum absolute atomic E-state index is 12.0. The van der Waals surface area contributed by atoms with Gasteiger partial charge in [0.05, 0.1) is 17.7 Å². The SMILES string of the molecule is CC(C)Cc1ccc([C@@H](C)NC(=O)COC(=O)/C=C/c2ccc(C#N)cc2)cc1. The van der Waals surface area contributed by atoms with Crippen molar-refractivity contribution in [3.8, 4) is 6.07 Å². The van der Waals surface area contributed by atoms with Crippen LogP contribution in [0.1, 0.15) is 49.1 Å². The van der Waals surface area contributed by atoms with Crippen LogP contribution in [0.2, 0.25) is 0 Å². The quantitative estimate of drug-likeness (QED) is 0.541. The summed E-state index contributed by atoms with van der Waals surface area (Å²) in [5.74, 6) is -0.363. The smallest absolute Gasteiger partial charge is 0.331 e. The van der Waals surface area contributed by atoms with Gasteiger partial charge in [-0.05, 0) is 54.2 Å². The number of hydrogen-bond donors (Lipinski definition) is 1. The van der Waals surface area contributed by atoms with Gasteiger partial charge < -0.3 is 10.1 Å². The number of nitriles is 1. The maximum atomic E-state index is 12.0. The van der Waals surface area contributed by atoms with Crippen molar-refractivity contribution >= 4 is 18.0 Å². The fourth-order valence-electron chi connectivity index (χ4n) is 2.80. The number of hydrogen-bond acceptors (Lipinski definition) is 4. The first-order chi connectivity index (χ1) is 13.9. The van der Waals surface area contributed by atoms with Crippen molar-refractivity contribution in [2.45, 2.75) is 33.2 Å². The van der Waals surface area contributed by atoms with Crippen LogP contribution in [0.4, 0.5) is 0 Å². The molecule has 2 rings (SSSR count). The zero-order valence-corrected chi connectivity index (χ0v) is 17.0. The highest BCUT2D eigenvalue weighted by Gasteiger charge is 2.11. The van der Waals surface area contributed by atoms with E-state index in [-0.39, 0.29) is 18.6 Å². The van der Waals surface area contributed by atoms with E-state index in [1.807, 2.05) is 25.1 Å². The number of carbonyl (C=O) groups excluding carboxylic acids is 2. The molecular formula is C24H26N2O3. The average Bonchev–Trinajstić information content (AvgIpc) is 2.71. The van der Waals surface area contributed by atoms with Gasteiger partial charge in [0.15, 0.2) is 6.61 Å². The fourth-order valence-corrected chi connectivity index (χ4v) is 2.80. The Bertz CT molecular complexity index is 891. The molecule has 0 fully saturated rings. The summed E-state index contributed by atoms with van der Waals surface area (Å²) in [6.45, 7) is 5.91. The van der Waals surface area contributed by atoms with Gasteiger partial charge in [0.2, 0.25) is 0 Å². The van der Waals surface area contributed by atoms with Crippen LogP contribution >= 0.6 is 0 Å². The van der Waals surface area contributed by atoms with Crippen molar-refractivity contribution in [2.24, 2.45) is 5.92 Å². The number of amides is 1. The number of ether oxygens (including phenoxy) is 1. The number of esters is 1. The Labute approximate surface area is 172 Å². The van der Waals surface area contributed by atoms with Crippen LogP contribution in [0.25, 0.3) is 6.08 Å². The van der Waals surface area contributed by atoms with E-state index < -0.39 is 5.97 Å². The number of nitrogens with zero attached hydrogens (tertiary/aromatic N) is 1. The van der Waals surface area contributed by atoms with Crippen molar-refractivity contribution in [3.63, 3.8) is 0 Å². The lowest BCUT2D eigenvalue weighted by Gasteiger charge is -2.15. The standard InChI is InChI=1S/C24H26N2O3/c1-17(2)14-20-8-11-22(12-9-20)18(3)26-23(27)16-29-24(28)13-10-19-4-6-21(15-25)7-5-19/h4-13,17-18H,14,16H2,1-3H3,(H,26,27)/b13-10+/t18-/m1/s1. The molecule has 0 aromatic heterocycles. The summed E-state index contributed by atoms with van der Waals surface area (Å²) in [4.78, 5) is 23.8. The lowest BCUT2D eigenvalue weighted by atomic mass is 10.00. The van der Waals surface area contributed by atoms with E-state index in [0.717, 1.165) is 17.5 Å². The van der Waals surface area contributed by atoms with Crippen LogP contribution in [0.3, 0.4) is 0 Å². The molecule has 0 radical (unpaired) electrons. The number of nitrogens with one attached hydrogen (secondary N) is 1. The highest BCUT2D eigenvalue weighted by atomic mass is 16.5.